The van der Waals surface area contributed by atoms with E-state index in [1.807, 2.05) is 0 Å². The Bertz CT molecular complexity index is 301. The molecule has 0 radical (unpaired) electrons. The Balaban J connectivity index is 1.83. The average Bonchev–Trinajstić information content (AvgIpc) is 2.59. The van der Waals surface area contributed by atoms with Crippen molar-refractivity contribution < 1.29 is 0 Å². The van der Waals surface area contributed by atoms with Gasteiger partial charge in [0.05, 0.1) is 0 Å². The van der Waals surface area contributed by atoms with E-state index in [1.165, 1.54) is 25.7 Å². The summed E-state index contributed by atoms with van der Waals surface area (Å²) in [5, 5.41) is 0. The first kappa shape index (κ1) is 13.0. The molecule has 3 aliphatic rings. The monoisotopic (exact) mass is 248 g/mol. The first-order chi connectivity index (χ1) is 8.51. The Morgan fingerprint density at radius 3 is 2.22 bits per heavy atom. The molecule has 0 heteroatoms. The largest absolute Gasteiger partial charge is 0.0625 e. The number of hydrogen-bond donors (Lipinski definition) is 0. The van der Waals surface area contributed by atoms with Gasteiger partial charge in [-0.1, -0.05) is 40.5 Å². The molecule has 0 spiro atoms. The van der Waals surface area contributed by atoms with E-state index in [9.17, 15) is 0 Å². The summed E-state index contributed by atoms with van der Waals surface area (Å²) >= 11 is 0. The third-order valence-electron chi connectivity index (χ3n) is 7.17. The molecule has 0 nitrogen and oxygen atoms in total. The minimum atomic E-state index is 0.642. The molecule has 3 aliphatic carbocycles. The molecule has 0 aromatic carbocycles. The van der Waals surface area contributed by atoms with Gasteiger partial charge >= 0.3 is 0 Å². The second kappa shape index (κ2) is 4.53. The highest BCUT2D eigenvalue weighted by Gasteiger charge is 2.56. The summed E-state index contributed by atoms with van der Waals surface area (Å²) in [5.74, 6) is 6.24. The highest BCUT2D eigenvalue weighted by Crippen LogP contribution is 2.64. The van der Waals surface area contributed by atoms with E-state index in [1.54, 1.807) is 19.3 Å². The Morgan fingerprint density at radius 2 is 1.50 bits per heavy atom. The maximum Gasteiger partial charge on any atom is -0.0292 e. The standard InChI is InChI=1S/C18H32/c1-12(2)13-9-10-15-14-7-5-6-8-16(14)18(3,4)17(15)11-13/h12-17H,5-11H2,1-4H3. The molecule has 3 fully saturated rings. The highest BCUT2D eigenvalue weighted by molar-refractivity contribution is 5.05. The Labute approximate surface area is 114 Å². The molecule has 3 saturated carbocycles. The lowest BCUT2D eigenvalue weighted by molar-refractivity contribution is 0.0859. The van der Waals surface area contributed by atoms with Crippen molar-refractivity contribution in [1.29, 1.82) is 0 Å². The molecule has 0 bridgehead atoms. The van der Waals surface area contributed by atoms with E-state index in [2.05, 4.69) is 27.7 Å². The molecule has 18 heavy (non-hydrogen) atoms. The van der Waals surface area contributed by atoms with E-state index in [-0.39, 0.29) is 0 Å². The fourth-order valence-corrected chi connectivity index (χ4v) is 6.07. The molecule has 0 saturated heterocycles. The lowest BCUT2D eigenvalue weighted by Crippen LogP contribution is -2.33. The van der Waals surface area contributed by atoms with Crippen molar-refractivity contribution >= 4 is 0 Å². The molecule has 5 unspecified atom stereocenters. The van der Waals surface area contributed by atoms with Crippen molar-refractivity contribution in [3.8, 4) is 0 Å². The summed E-state index contributed by atoms with van der Waals surface area (Å²) in [5.41, 5.74) is 0.642. The topological polar surface area (TPSA) is 0 Å². The van der Waals surface area contributed by atoms with Crippen LogP contribution in [0.3, 0.4) is 0 Å². The van der Waals surface area contributed by atoms with Crippen molar-refractivity contribution in [1.82, 2.24) is 0 Å². The zero-order chi connectivity index (χ0) is 12.9. The molecule has 0 aromatic heterocycles. The SMILES string of the molecule is CC(C)C1CCC2C3CCCCC3C(C)(C)C2C1. The van der Waals surface area contributed by atoms with Crippen LogP contribution >= 0.6 is 0 Å². The Hall–Kier alpha value is 0. The maximum atomic E-state index is 2.61. The molecule has 0 aromatic rings. The van der Waals surface area contributed by atoms with Crippen molar-refractivity contribution in [2.24, 2.45) is 40.9 Å². The van der Waals surface area contributed by atoms with Crippen LogP contribution in [0.15, 0.2) is 0 Å². The Morgan fingerprint density at radius 1 is 0.833 bits per heavy atom. The fraction of sp³-hybridized carbons (Fsp3) is 1.00. The quantitative estimate of drug-likeness (QED) is 0.573. The molecule has 104 valence electrons. The van der Waals surface area contributed by atoms with Crippen LogP contribution in [0.25, 0.3) is 0 Å². The van der Waals surface area contributed by atoms with E-state index < -0.39 is 0 Å². The predicted octanol–water partition coefficient (Wildman–Crippen LogP) is 5.52. The number of fused-ring (bicyclic) bond motifs is 3. The Kier molecular flexibility index (Phi) is 3.27. The van der Waals surface area contributed by atoms with E-state index in [4.69, 9.17) is 0 Å². The first-order valence-electron chi connectivity index (χ1n) is 8.51. The molecule has 0 N–H and O–H groups in total. The lowest BCUT2D eigenvalue weighted by atomic mass is 9.64. The van der Waals surface area contributed by atoms with Gasteiger partial charge in [0.25, 0.3) is 0 Å². The van der Waals surface area contributed by atoms with Crippen molar-refractivity contribution in [3.05, 3.63) is 0 Å². The van der Waals surface area contributed by atoms with Crippen LogP contribution in [0.5, 0.6) is 0 Å². The van der Waals surface area contributed by atoms with Gasteiger partial charge < -0.3 is 0 Å². The molecule has 0 amide bonds. The van der Waals surface area contributed by atoms with Gasteiger partial charge in [0.1, 0.15) is 0 Å². The minimum absolute atomic E-state index is 0.642. The highest BCUT2D eigenvalue weighted by atomic mass is 14.6. The lowest BCUT2D eigenvalue weighted by Gasteiger charge is -2.41. The van der Waals surface area contributed by atoms with Gasteiger partial charge in [-0.2, -0.15) is 0 Å². The zero-order valence-corrected chi connectivity index (χ0v) is 12.9. The van der Waals surface area contributed by atoms with Gasteiger partial charge in [0.15, 0.2) is 0 Å². The molecule has 0 aliphatic heterocycles. The first-order valence-corrected chi connectivity index (χ1v) is 8.51. The van der Waals surface area contributed by atoms with Crippen molar-refractivity contribution in [3.63, 3.8) is 0 Å². The predicted molar refractivity (Wildman–Crippen MR) is 78.4 cm³/mol. The van der Waals surface area contributed by atoms with Crippen LogP contribution in [-0.4, -0.2) is 0 Å². The molecule has 5 atom stereocenters. The second-order valence-electron chi connectivity index (χ2n) is 8.46. The summed E-state index contributed by atoms with van der Waals surface area (Å²) in [7, 11) is 0. The van der Waals surface area contributed by atoms with Gasteiger partial charge in [-0.15, -0.1) is 0 Å². The van der Waals surface area contributed by atoms with E-state index >= 15 is 0 Å². The van der Waals surface area contributed by atoms with Crippen LogP contribution in [-0.2, 0) is 0 Å². The summed E-state index contributed by atoms with van der Waals surface area (Å²) in [4.78, 5) is 0. The van der Waals surface area contributed by atoms with Gasteiger partial charge in [-0.05, 0) is 73.0 Å². The minimum Gasteiger partial charge on any atom is -0.0625 e. The van der Waals surface area contributed by atoms with Crippen LogP contribution in [0.1, 0.15) is 72.6 Å². The summed E-state index contributed by atoms with van der Waals surface area (Å²) in [6.45, 7) is 10.1. The van der Waals surface area contributed by atoms with Gasteiger partial charge in [0, 0.05) is 0 Å². The van der Waals surface area contributed by atoms with E-state index in [0.29, 0.717) is 5.41 Å². The molecular formula is C18H32. The fourth-order valence-electron chi connectivity index (χ4n) is 6.07. The van der Waals surface area contributed by atoms with Gasteiger partial charge in [0.2, 0.25) is 0 Å². The van der Waals surface area contributed by atoms with Gasteiger partial charge in [-0.25, -0.2) is 0 Å². The maximum absolute atomic E-state index is 2.61. The molecular weight excluding hydrogens is 216 g/mol. The normalized spacial score (nSPS) is 46.8. The van der Waals surface area contributed by atoms with Crippen molar-refractivity contribution in [2.45, 2.75) is 72.6 Å². The smallest absolute Gasteiger partial charge is 0.0292 e. The summed E-state index contributed by atoms with van der Waals surface area (Å²) < 4.78 is 0. The summed E-state index contributed by atoms with van der Waals surface area (Å²) in [6.07, 6.45) is 10.8. The van der Waals surface area contributed by atoms with Crippen LogP contribution in [0.2, 0.25) is 0 Å². The average molecular weight is 248 g/mol. The van der Waals surface area contributed by atoms with Crippen LogP contribution in [0, 0.1) is 40.9 Å². The van der Waals surface area contributed by atoms with Gasteiger partial charge in [-0.3, -0.25) is 0 Å². The summed E-state index contributed by atoms with van der Waals surface area (Å²) in [6, 6.07) is 0. The number of hydrogen-bond acceptors (Lipinski definition) is 0. The molecule has 0 heterocycles. The van der Waals surface area contributed by atoms with Crippen LogP contribution in [0.4, 0.5) is 0 Å². The molecule has 3 rings (SSSR count). The second-order valence-corrected chi connectivity index (χ2v) is 8.46. The van der Waals surface area contributed by atoms with Crippen molar-refractivity contribution in [2.75, 3.05) is 0 Å². The van der Waals surface area contributed by atoms with E-state index in [0.717, 1.165) is 35.5 Å². The number of rotatable bonds is 1. The zero-order valence-electron chi connectivity index (χ0n) is 12.9. The third kappa shape index (κ3) is 1.86. The van der Waals surface area contributed by atoms with Crippen LogP contribution < -0.4 is 0 Å². The third-order valence-corrected chi connectivity index (χ3v) is 7.17.